The molecule has 0 fully saturated rings. The Morgan fingerprint density at radius 2 is 0.603 bits per heavy atom. The second-order valence-corrected chi connectivity index (χ2v) is 20.1. The molecule has 4 heteroatoms. The van der Waals surface area contributed by atoms with Crippen LogP contribution in [-0.4, -0.2) is 34.9 Å². The number of amides is 1. The van der Waals surface area contributed by atoms with Crippen LogP contribution in [0.15, 0.2) is 24.3 Å². The third-order valence-corrected chi connectivity index (χ3v) is 13.7. The summed E-state index contributed by atoms with van der Waals surface area (Å²) in [6.45, 7) is 4.34. The van der Waals surface area contributed by atoms with E-state index in [4.69, 9.17) is 0 Å². The maximum Gasteiger partial charge on any atom is 0.220 e. The average Bonchev–Trinajstić information content (AvgIpc) is 3.29. The van der Waals surface area contributed by atoms with Gasteiger partial charge in [0.15, 0.2) is 0 Å². The molecule has 63 heavy (non-hydrogen) atoms. The standard InChI is InChI=1S/C59H115NO3/c1-3-5-7-9-11-13-15-17-19-21-22-23-24-25-26-27-28-29-30-31-32-33-34-35-36-37-38-39-41-43-45-47-49-51-53-55-59(63)60-57(56-61)58(62)54-52-50-48-46-44-42-40-20-18-16-14-12-10-8-6-4-2/h21-22,52,54,57-58,61-62H,3-20,23-51,53,55-56H2,1-2H3,(H,60,63)/b22-21-,54-52+. The highest BCUT2D eigenvalue weighted by molar-refractivity contribution is 5.76. The molecule has 0 aliphatic heterocycles. The summed E-state index contributed by atoms with van der Waals surface area (Å²) >= 11 is 0. The van der Waals surface area contributed by atoms with Crippen LogP contribution in [0.3, 0.4) is 0 Å². The van der Waals surface area contributed by atoms with E-state index in [0.29, 0.717) is 6.42 Å². The fraction of sp³-hybridized carbons (Fsp3) is 0.915. The highest BCUT2D eigenvalue weighted by Crippen LogP contribution is 2.18. The summed E-state index contributed by atoms with van der Waals surface area (Å²) in [7, 11) is 0. The van der Waals surface area contributed by atoms with Crippen molar-refractivity contribution in [3.05, 3.63) is 24.3 Å². The van der Waals surface area contributed by atoms with Gasteiger partial charge in [0.05, 0.1) is 18.8 Å². The molecule has 0 saturated carbocycles. The van der Waals surface area contributed by atoms with Crippen LogP contribution in [0.4, 0.5) is 0 Å². The van der Waals surface area contributed by atoms with E-state index < -0.39 is 12.1 Å². The topological polar surface area (TPSA) is 69.6 Å². The highest BCUT2D eigenvalue weighted by Gasteiger charge is 2.18. The highest BCUT2D eigenvalue weighted by atomic mass is 16.3. The zero-order valence-electron chi connectivity index (χ0n) is 43.1. The van der Waals surface area contributed by atoms with Crippen molar-refractivity contribution >= 4 is 5.91 Å². The number of nitrogens with one attached hydrogen (secondary N) is 1. The van der Waals surface area contributed by atoms with E-state index in [1.54, 1.807) is 6.08 Å². The molecule has 0 saturated heterocycles. The quantitative estimate of drug-likeness (QED) is 0.0421. The van der Waals surface area contributed by atoms with Gasteiger partial charge in [0, 0.05) is 6.42 Å². The van der Waals surface area contributed by atoms with E-state index in [0.717, 1.165) is 25.7 Å². The summed E-state index contributed by atoms with van der Waals surface area (Å²) in [4.78, 5) is 12.5. The van der Waals surface area contributed by atoms with Crippen molar-refractivity contribution in [2.75, 3.05) is 6.61 Å². The van der Waals surface area contributed by atoms with Gasteiger partial charge in [-0.15, -0.1) is 0 Å². The molecule has 2 unspecified atom stereocenters. The Morgan fingerprint density at radius 3 is 0.873 bits per heavy atom. The van der Waals surface area contributed by atoms with Crippen LogP contribution in [0.2, 0.25) is 0 Å². The molecule has 1 amide bonds. The second kappa shape index (κ2) is 55.2. The minimum absolute atomic E-state index is 0.0573. The SMILES string of the molecule is CCCCCCCCCC/C=C\CCCCCCCCCCCCCCCCCCCCCCCCCC(=O)NC(CO)C(O)/C=C/CCCCCCCCCCCCCCCC. The number of carbonyl (C=O) groups excluding carboxylic acids is 1. The Balaban J connectivity index is 3.40. The largest absolute Gasteiger partial charge is 0.394 e. The van der Waals surface area contributed by atoms with Crippen LogP contribution >= 0.6 is 0 Å². The first-order chi connectivity index (χ1) is 31.2. The maximum atomic E-state index is 12.5. The Morgan fingerprint density at radius 1 is 0.365 bits per heavy atom. The number of unbranched alkanes of at least 4 members (excludes halogenated alkanes) is 45. The number of hydrogen-bond acceptors (Lipinski definition) is 3. The summed E-state index contributed by atoms with van der Waals surface area (Å²) in [5.41, 5.74) is 0. The molecule has 0 aromatic rings. The van der Waals surface area contributed by atoms with Crippen molar-refractivity contribution in [2.45, 2.75) is 341 Å². The Kier molecular flexibility index (Phi) is 54.2. The molecule has 0 spiro atoms. The van der Waals surface area contributed by atoms with Crippen LogP contribution in [0.5, 0.6) is 0 Å². The van der Waals surface area contributed by atoms with Gasteiger partial charge in [0.2, 0.25) is 5.91 Å². The fourth-order valence-electron chi connectivity index (χ4n) is 9.24. The molecule has 0 rings (SSSR count). The Labute approximate surface area is 396 Å². The van der Waals surface area contributed by atoms with Crippen LogP contribution in [0.25, 0.3) is 0 Å². The van der Waals surface area contributed by atoms with Gasteiger partial charge in [0.1, 0.15) is 0 Å². The summed E-state index contributed by atoms with van der Waals surface area (Å²) in [6, 6.07) is -0.619. The molecular weight excluding hydrogens is 771 g/mol. The van der Waals surface area contributed by atoms with E-state index in [-0.39, 0.29) is 12.5 Å². The Hall–Kier alpha value is -1.13. The molecule has 0 aromatic carbocycles. The van der Waals surface area contributed by atoms with Crippen molar-refractivity contribution in [2.24, 2.45) is 0 Å². The number of carbonyl (C=O) groups is 1. The van der Waals surface area contributed by atoms with E-state index >= 15 is 0 Å². The number of aliphatic hydroxyl groups excluding tert-OH is 2. The van der Waals surface area contributed by atoms with E-state index in [1.807, 2.05) is 6.08 Å². The lowest BCUT2D eigenvalue weighted by Gasteiger charge is -2.20. The predicted molar refractivity (Wildman–Crippen MR) is 281 cm³/mol. The summed E-state index contributed by atoms with van der Waals surface area (Å²) in [5.74, 6) is -0.0573. The summed E-state index contributed by atoms with van der Waals surface area (Å²) in [6.07, 6.45) is 73.6. The van der Waals surface area contributed by atoms with E-state index in [9.17, 15) is 15.0 Å². The molecule has 2 atom stereocenters. The van der Waals surface area contributed by atoms with Crippen LogP contribution in [-0.2, 0) is 4.79 Å². The molecule has 3 N–H and O–H groups in total. The maximum absolute atomic E-state index is 12.5. The monoisotopic (exact) mass is 886 g/mol. The van der Waals surface area contributed by atoms with Crippen molar-refractivity contribution < 1.29 is 15.0 Å². The van der Waals surface area contributed by atoms with Crippen LogP contribution in [0.1, 0.15) is 328 Å². The zero-order valence-corrected chi connectivity index (χ0v) is 43.1. The van der Waals surface area contributed by atoms with Crippen molar-refractivity contribution in [1.29, 1.82) is 0 Å². The lowest BCUT2D eigenvalue weighted by molar-refractivity contribution is -0.123. The second-order valence-electron chi connectivity index (χ2n) is 20.1. The normalized spacial score (nSPS) is 12.9. The van der Waals surface area contributed by atoms with Crippen molar-refractivity contribution in [1.82, 2.24) is 5.32 Å². The van der Waals surface area contributed by atoms with Gasteiger partial charge in [-0.05, 0) is 44.9 Å². The summed E-state index contributed by atoms with van der Waals surface area (Å²) < 4.78 is 0. The fourth-order valence-corrected chi connectivity index (χ4v) is 9.24. The van der Waals surface area contributed by atoms with Crippen molar-refractivity contribution in [3.63, 3.8) is 0 Å². The molecule has 0 aliphatic rings. The Bertz CT molecular complexity index is 916. The van der Waals surface area contributed by atoms with Gasteiger partial charge in [-0.25, -0.2) is 0 Å². The molecule has 374 valence electrons. The molecule has 4 nitrogen and oxygen atoms in total. The number of aliphatic hydroxyl groups is 2. The third-order valence-electron chi connectivity index (χ3n) is 13.7. The molecular formula is C59H115NO3. The molecule has 0 aromatic heterocycles. The first-order valence-electron chi connectivity index (χ1n) is 29.1. The molecule has 0 aliphatic carbocycles. The van der Waals surface area contributed by atoms with Crippen molar-refractivity contribution in [3.8, 4) is 0 Å². The van der Waals surface area contributed by atoms with Crippen LogP contribution < -0.4 is 5.32 Å². The van der Waals surface area contributed by atoms with Gasteiger partial charge in [-0.1, -0.05) is 301 Å². The first-order valence-corrected chi connectivity index (χ1v) is 29.1. The smallest absolute Gasteiger partial charge is 0.220 e. The summed E-state index contributed by atoms with van der Waals surface area (Å²) in [5, 5.41) is 23.1. The van der Waals surface area contributed by atoms with Gasteiger partial charge in [-0.2, -0.15) is 0 Å². The number of rotatable bonds is 54. The van der Waals surface area contributed by atoms with E-state index in [1.165, 1.54) is 283 Å². The van der Waals surface area contributed by atoms with Gasteiger partial charge >= 0.3 is 0 Å². The zero-order chi connectivity index (χ0) is 45.6. The van der Waals surface area contributed by atoms with E-state index in [2.05, 4.69) is 31.3 Å². The van der Waals surface area contributed by atoms with Gasteiger partial charge < -0.3 is 15.5 Å². The van der Waals surface area contributed by atoms with Gasteiger partial charge in [-0.3, -0.25) is 4.79 Å². The van der Waals surface area contributed by atoms with Crippen LogP contribution in [0, 0.1) is 0 Å². The minimum atomic E-state index is -0.836. The molecule has 0 bridgehead atoms. The number of allylic oxidation sites excluding steroid dienone is 3. The lowest BCUT2D eigenvalue weighted by Crippen LogP contribution is -2.45. The molecule has 0 radical (unpaired) electrons. The lowest BCUT2D eigenvalue weighted by atomic mass is 10.0. The first kappa shape index (κ1) is 61.9. The minimum Gasteiger partial charge on any atom is -0.394 e. The third kappa shape index (κ3) is 51.7. The number of hydrogen-bond donors (Lipinski definition) is 3. The average molecular weight is 887 g/mol. The van der Waals surface area contributed by atoms with Gasteiger partial charge in [0.25, 0.3) is 0 Å². The predicted octanol–water partition coefficient (Wildman–Crippen LogP) is 19.1. The molecule has 0 heterocycles.